The Morgan fingerprint density at radius 2 is 2.10 bits per heavy atom. The predicted molar refractivity (Wildman–Crippen MR) is 68.6 cm³/mol. The first kappa shape index (κ1) is 12.7. The number of hydrogen-bond acceptors (Lipinski definition) is 4. The van der Waals surface area contributed by atoms with Crippen molar-refractivity contribution in [1.29, 1.82) is 0 Å². The molecule has 2 N–H and O–H groups in total. The van der Waals surface area contributed by atoms with E-state index in [-0.39, 0.29) is 12.3 Å². The number of Topliss-reactive ketones (excluding diaryl/α,β-unsaturated/α-hetero) is 1. The van der Waals surface area contributed by atoms with Crippen molar-refractivity contribution in [3.05, 3.63) is 28.8 Å². The summed E-state index contributed by atoms with van der Waals surface area (Å²) in [5.41, 5.74) is 2.28. The number of amides is 1. The highest BCUT2D eigenvalue weighted by atomic mass is 16.4. The standard InChI is InChI=1S/C13H15N3O4/c17-7-8-2-1-4-16-11(12(8)18)9-6-15(13(19)20)5-3-10(9)14-16/h7,17H,1-6H2,(H,19,20)/b8-7-. The molecule has 3 heterocycles. The van der Waals surface area contributed by atoms with Gasteiger partial charge in [0.15, 0.2) is 0 Å². The van der Waals surface area contributed by atoms with Gasteiger partial charge < -0.3 is 15.1 Å². The minimum Gasteiger partial charge on any atom is -0.515 e. The molecule has 0 unspecified atom stereocenters. The van der Waals surface area contributed by atoms with Crippen molar-refractivity contribution in [3.8, 4) is 0 Å². The molecule has 106 valence electrons. The monoisotopic (exact) mass is 277 g/mol. The highest BCUT2D eigenvalue weighted by Crippen LogP contribution is 2.28. The van der Waals surface area contributed by atoms with Crippen LogP contribution in [0.5, 0.6) is 0 Å². The summed E-state index contributed by atoms with van der Waals surface area (Å²) in [6, 6.07) is 0. The van der Waals surface area contributed by atoms with Crippen LogP contribution in [0, 0.1) is 0 Å². The summed E-state index contributed by atoms with van der Waals surface area (Å²) in [5, 5.41) is 22.7. The van der Waals surface area contributed by atoms with Crippen LogP contribution in [-0.2, 0) is 19.5 Å². The molecule has 0 bridgehead atoms. The van der Waals surface area contributed by atoms with Gasteiger partial charge in [-0.15, -0.1) is 0 Å². The van der Waals surface area contributed by atoms with Crippen molar-refractivity contribution < 1.29 is 19.8 Å². The number of carbonyl (C=O) groups excluding carboxylic acids is 1. The number of carbonyl (C=O) groups is 2. The first-order valence-electron chi connectivity index (χ1n) is 6.56. The average molecular weight is 277 g/mol. The first-order valence-corrected chi connectivity index (χ1v) is 6.56. The van der Waals surface area contributed by atoms with Gasteiger partial charge in [0.1, 0.15) is 5.69 Å². The molecule has 1 aromatic heterocycles. The zero-order valence-electron chi connectivity index (χ0n) is 10.9. The summed E-state index contributed by atoms with van der Waals surface area (Å²) < 4.78 is 1.66. The third kappa shape index (κ3) is 1.86. The van der Waals surface area contributed by atoms with E-state index in [9.17, 15) is 14.7 Å². The average Bonchev–Trinajstić information content (AvgIpc) is 2.72. The van der Waals surface area contributed by atoms with Crippen molar-refractivity contribution in [1.82, 2.24) is 14.7 Å². The van der Waals surface area contributed by atoms with Gasteiger partial charge in [0.25, 0.3) is 0 Å². The van der Waals surface area contributed by atoms with Gasteiger partial charge in [0, 0.05) is 30.6 Å². The molecular weight excluding hydrogens is 262 g/mol. The van der Waals surface area contributed by atoms with Crippen molar-refractivity contribution in [3.63, 3.8) is 0 Å². The number of aromatic nitrogens is 2. The molecule has 0 saturated heterocycles. The number of rotatable bonds is 0. The van der Waals surface area contributed by atoms with Gasteiger partial charge in [0.2, 0.25) is 5.78 Å². The third-order valence-corrected chi connectivity index (χ3v) is 3.85. The van der Waals surface area contributed by atoms with E-state index in [0.717, 1.165) is 18.4 Å². The maximum absolute atomic E-state index is 12.4. The smallest absolute Gasteiger partial charge is 0.407 e. The second-order valence-electron chi connectivity index (χ2n) is 5.04. The Morgan fingerprint density at radius 1 is 1.30 bits per heavy atom. The van der Waals surface area contributed by atoms with Crippen LogP contribution < -0.4 is 0 Å². The van der Waals surface area contributed by atoms with Crippen LogP contribution in [0.1, 0.15) is 34.6 Å². The summed E-state index contributed by atoms with van der Waals surface area (Å²) >= 11 is 0. The molecule has 0 spiro atoms. The molecule has 0 saturated carbocycles. The maximum atomic E-state index is 12.4. The van der Waals surface area contributed by atoms with Crippen LogP contribution in [0.15, 0.2) is 11.8 Å². The molecular formula is C13H15N3O4. The molecule has 0 radical (unpaired) electrons. The molecule has 2 aliphatic heterocycles. The van der Waals surface area contributed by atoms with Crippen molar-refractivity contribution in [2.45, 2.75) is 32.4 Å². The van der Waals surface area contributed by atoms with E-state index in [1.165, 1.54) is 4.90 Å². The number of aliphatic hydroxyl groups is 1. The van der Waals surface area contributed by atoms with E-state index in [2.05, 4.69) is 5.10 Å². The lowest BCUT2D eigenvalue weighted by atomic mass is 9.99. The van der Waals surface area contributed by atoms with E-state index in [1.54, 1.807) is 4.68 Å². The SMILES string of the molecule is O=C1/C(=C\O)CCCn2nc3c(c21)CN(C(=O)O)CC3. The third-order valence-electron chi connectivity index (χ3n) is 3.85. The van der Waals surface area contributed by atoms with Gasteiger partial charge in [-0.05, 0) is 12.8 Å². The van der Waals surface area contributed by atoms with Crippen molar-refractivity contribution in [2.24, 2.45) is 0 Å². The van der Waals surface area contributed by atoms with E-state index in [4.69, 9.17) is 5.11 Å². The predicted octanol–water partition coefficient (Wildman–Crippen LogP) is 1.34. The van der Waals surface area contributed by atoms with Gasteiger partial charge in [-0.1, -0.05) is 0 Å². The molecule has 0 fully saturated rings. The normalized spacial score (nSPS) is 20.5. The second kappa shape index (κ2) is 4.66. The minimum atomic E-state index is -0.991. The Bertz CT molecular complexity index is 617. The van der Waals surface area contributed by atoms with Crippen molar-refractivity contribution in [2.75, 3.05) is 6.54 Å². The van der Waals surface area contributed by atoms with E-state index >= 15 is 0 Å². The molecule has 7 nitrogen and oxygen atoms in total. The molecule has 20 heavy (non-hydrogen) atoms. The number of nitrogens with zero attached hydrogens (tertiary/aromatic N) is 3. The lowest BCUT2D eigenvalue weighted by molar-refractivity contribution is 0.101. The number of aliphatic hydroxyl groups excluding tert-OH is 1. The number of aryl methyl sites for hydroxylation is 1. The first-order chi connectivity index (χ1) is 9.61. The fourth-order valence-electron chi connectivity index (χ4n) is 2.81. The van der Waals surface area contributed by atoms with E-state index in [0.29, 0.717) is 42.8 Å². The summed E-state index contributed by atoms with van der Waals surface area (Å²) in [7, 11) is 0. The Hall–Kier alpha value is -2.31. The fraction of sp³-hybridized carbons (Fsp3) is 0.462. The number of carboxylic acid groups (broad SMARTS) is 1. The quantitative estimate of drug-likeness (QED) is 0.551. The number of ketones is 1. The summed E-state index contributed by atoms with van der Waals surface area (Å²) in [6.45, 7) is 1.19. The van der Waals surface area contributed by atoms with Crippen molar-refractivity contribution >= 4 is 11.9 Å². The van der Waals surface area contributed by atoms with Crippen LogP contribution in [0.2, 0.25) is 0 Å². The summed E-state index contributed by atoms with van der Waals surface area (Å²) in [4.78, 5) is 24.8. The number of allylic oxidation sites excluding steroid dienone is 1. The Labute approximate surface area is 115 Å². The van der Waals surface area contributed by atoms with E-state index < -0.39 is 6.09 Å². The van der Waals surface area contributed by atoms with Crippen LogP contribution >= 0.6 is 0 Å². The van der Waals surface area contributed by atoms with Gasteiger partial charge in [-0.2, -0.15) is 5.10 Å². The molecule has 2 aliphatic rings. The van der Waals surface area contributed by atoms with Gasteiger partial charge in [0.05, 0.1) is 18.5 Å². The van der Waals surface area contributed by atoms with Crippen LogP contribution in [0.3, 0.4) is 0 Å². The lowest BCUT2D eigenvalue weighted by Crippen LogP contribution is -2.35. The molecule has 0 atom stereocenters. The minimum absolute atomic E-state index is 0.185. The van der Waals surface area contributed by atoms with E-state index in [1.807, 2.05) is 0 Å². The summed E-state index contributed by atoms with van der Waals surface area (Å²) in [6.07, 6.45) is 1.63. The van der Waals surface area contributed by atoms with Gasteiger partial charge in [-0.3, -0.25) is 9.48 Å². The second-order valence-corrected chi connectivity index (χ2v) is 5.04. The van der Waals surface area contributed by atoms with Gasteiger partial charge >= 0.3 is 6.09 Å². The maximum Gasteiger partial charge on any atom is 0.407 e. The molecule has 1 amide bonds. The molecule has 0 aliphatic carbocycles. The fourth-order valence-corrected chi connectivity index (χ4v) is 2.81. The van der Waals surface area contributed by atoms with Crippen LogP contribution in [-0.4, -0.2) is 43.3 Å². The summed E-state index contributed by atoms with van der Waals surface area (Å²) in [5.74, 6) is -0.244. The van der Waals surface area contributed by atoms with Crippen LogP contribution in [0.25, 0.3) is 0 Å². The molecule has 0 aromatic carbocycles. The Kier molecular flexibility index (Phi) is 2.96. The molecule has 3 rings (SSSR count). The lowest BCUT2D eigenvalue weighted by Gasteiger charge is -2.23. The zero-order chi connectivity index (χ0) is 14.3. The molecule has 7 heteroatoms. The highest BCUT2D eigenvalue weighted by Gasteiger charge is 2.32. The highest BCUT2D eigenvalue weighted by molar-refractivity contribution is 6.08. The number of hydrogen-bond donors (Lipinski definition) is 2. The largest absolute Gasteiger partial charge is 0.515 e. The zero-order valence-corrected chi connectivity index (χ0v) is 10.9. The Morgan fingerprint density at radius 3 is 2.80 bits per heavy atom. The topological polar surface area (TPSA) is 95.7 Å². The Balaban J connectivity index is 2.07. The van der Waals surface area contributed by atoms with Gasteiger partial charge in [-0.25, -0.2) is 4.79 Å². The number of fused-ring (bicyclic) bond motifs is 3. The van der Waals surface area contributed by atoms with Crippen LogP contribution in [0.4, 0.5) is 4.79 Å². The molecule has 1 aromatic rings.